The second-order valence-corrected chi connectivity index (χ2v) is 7.75. The van der Waals surface area contributed by atoms with Gasteiger partial charge in [0.1, 0.15) is 18.0 Å². The van der Waals surface area contributed by atoms with Crippen LogP contribution in [0.25, 0.3) is 5.65 Å². The van der Waals surface area contributed by atoms with Crippen LogP contribution in [0.4, 0.5) is 10.2 Å². The third-order valence-electron chi connectivity index (χ3n) is 4.96. The SMILES string of the molecule is CC1(C)COc2ncc(F)cc2[C@@H]2CCON2c2ccn3ncc(c3n2)C(=O)N1. The maximum Gasteiger partial charge on any atom is 0.257 e. The molecule has 1 amide bonds. The fourth-order valence-corrected chi connectivity index (χ4v) is 3.58. The Bertz CT molecular complexity index is 1110. The number of ether oxygens (including phenoxy) is 1. The molecule has 0 aliphatic carbocycles. The summed E-state index contributed by atoms with van der Waals surface area (Å²) in [5.74, 6) is 0.0158. The van der Waals surface area contributed by atoms with Gasteiger partial charge in [-0.2, -0.15) is 5.10 Å². The average molecular weight is 398 g/mol. The predicted octanol–water partition coefficient (Wildman–Crippen LogP) is 2.05. The van der Waals surface area contributed by atoms with E-state index in [1.54, 1.807) is 17.3 Å². The Kier molecular flexibility index (Phi) is 3.91. The molecular weight excluding hydrogens is 379 g/mol. The molecule has 2 aliphatic heterocycles. The van der Waals surface area contributed by atoms with Gasteiger partial charge in [-0.1, -0.05) is 0 Å². The molecule has 3 aromatic heterocycles. The summed E-state index contributed by atoms with van der Waals surface area (Å²) in [6.45, 7) is 4.26. The number of fused-ring (bicyclic) bond motifs is 5. The number of aromatic nitrogens is 4. The summed E-state index contributed by atoms with van der Waals surface area (Å²) in [5.41, 5.74) is 0.606. The lowest BCUT2D eigenvalue weighted by Crippen LogP contribution is -2.48. The van der Waals surface area contributed by atoms with Crippen molar-refractivity contribution in [2.24, 2.45) is 0 Å². The van der Waals surface area contributed by atoms with Crippen LogP contribution in [-0.4, -0.2) is 44.2 Å². The van der Waals surface area contributed by atoms with Crippen LogP contribution >= 0.6 is 0 Å². The molecule has 150 valence electrons. The zero-order chi connectivity index (χ0) is 20.2. The van der Waals surface area contributed by atoms with Gasteiger partial charge in [-0.3, -0.25) is 9.63 Å². The molecule has 1 fully saturated rings. The molecule has 1 N–H and O–H groups in total. The Hall–Kier alpha value is -3.27. The van der Waals surface area contributed by atoms with E-state index >= 15 is 0 Å². The fourth-order valence-electron chi connectivity index (χ4n) is 3.58. The summed E-state index contributed by atoms with van der Waals surface area (Å²) < 4.78 is 21.5. The molecule has 3 aromatic rings. The first-order chi connectivity index (χ1) is 13.9. The minimum absolute atomic E-state index is 0.146. The van der Waals surface area contributed by atoms with Gasteiger partial charge in [0.25, 0.3) is 5.91 Å². The number of rotatable bonds is 0. The van der Waals surface area contributed by atoms with Crippen LogP contribution in [0.2, 0.25) is 0 Å². The maximum atomic E-state index is 14.0. The molecule has 29 heavy (non-hydrogen) atoms. The molecule has 0 saturated carbocycles. The van der Waals surface area contributed by atoms with Crippen LogP contribution in [0.15, 0.2) is 30.7 Å². The fraction of sp³-hybridized carbons (Fsp3) is 0.368. The number of pyridine rings is 1. The van der Waals surface area contributed by atoms with Crippen molar-refractivity contribution in [2.75, 3.05) is 18.3 Å². The van der Waals surface area contributed by atoms with Gasteiger partial charge in [-0.25, -0.2) is 23.9 Å². The van der Waals surface area contributed by atoms with Crippen molar-refractivity contribution in [3.8, 4) is 5.88 Å². The molecule has 0 unspecified atom stereocenters. The van der Waals surface area contributed by atoms with Crippen molar-refractivity contribution in [1.29, 1.82) is 0 Å². The van der Waals surface area contributed by atoms with Gasteiger partial charge in [0, 0.05) is 24.2 Å². The summed E-state index contributed by atoms with van der Waals surface area (Å²) in [7, 11) is 0. The summed E-state index contributed by atoms with van der Waals surface area (Å²) in [4.78, 5) is 27.4. The molecule has 9 nitrogen and oxygen atoms in total. The molecule has 5 rings (SSSR count). The second-order valence-electron chi connectivity index (χ2n) is 7.75. The smallest absolute Gasteiger partial charge is 0.257 e. The molecule has 0 aromatic carbocycles. The number of hydroxylamine groups is 1. The van der Waals surface area contributed by atoms with Crippen LogP contribution in [0.1, 0.15) is 42.2 Å². The van der Waals surface area contributed by atoms with Crippen LogP contribution < -0.4 is 15.1 Å². The van der Waals surface area contributed by atoms with Crippen molar-refractivity contribution in [2.45, 2.75) is 31.8 Å². The highest BCUT2D eigenvalue weighted by Crippen LogP contribution is 2.38. The maximum absolute atomic E-state index is 14.0. The van der Waals surface area contributed by atoms with Crippen LogP contribution in [0, 0.1) is 5.82 Å². The Balaban J connectivity index is 1.70. The van der Waals surface area contributed by atoms with E-state index in [-0.39, 0.29) is 18.6 Å². The molecule has 1 saturated heterocycles. The van der Waals surface area contributed by atoms with Crippen molar-refractivity contribution < 1.29 is 18.8 Å². The summed E-state index contributed by atoms with van der Waals surface area (Å²) in [5, 5.41) is 8.76. The van der Waals surface area contributed by atoms with Gasteiger partial charge >= 0.3 is 0 Å². The number of hydrogen-bond acceptors (Lipinski definition) is 7. The normalized spacial score (nSPS) is 20.9. The topological polar surface area (TPSA) is 93.9 Å². The van der Waals surface area contributed by atoms with Crippen LogP contribution in [-0.2, 0) is 4.84 Å². The number of carbonyl (C=O) groups excluding carboxylic acids is 1. The number of anilines is 1. The summed E-state index contributed by atoms with van der Waals surface area (Å²) in [6, 6.07) is 2.81. The zero-order valence-corrected chi connectivity index (χ0v) is 15.9. The molecular formula is C19H19FN6O3. The van der Waals surface area contributed by atoms with E-state index in [4.69, 9.17) is 9.57 Å². The number of hydrogen-bond donors (Lipinski definition) is 1. The predicted molar refractivity (Wildman–Crippen MR) is 100 cm³/mol. The number of nitrogens with one attached hydrogen (secondary N) is 1. The minimum Gasteiger partial charge on any atom is -0.475 e. The van der Waals surface area contributed by atoms with E-state index in [1.807, 2.05) is 13.8 Å². The van der Waals surface area contributed by atoms with Gasteiger partial charge < -0.3 is 10.1 Å². The van der Waals surface area contributed by atoms with Gasteiger partial charge in [0.2, 0.25) is 5.88 Å². The Morgan fingerprint density at radius 2 is 2.21 bits per heavy atom. The van der Waals surface area contributed by atoms with E-state index in [0.717, 1.165) is 6.20 Å². The minimum atomic E-state index is -0.712. The lowest BCUT2D eigenvalue weighted by Gasteiger charge is -2.27. The number of amides is 1. The molecule has 10 heteroatoms. The molecule has 0 spiro atoms. The Labute approximate surface area is 165 Å². The number of halogens is 1. The van der Waals surface area contributed by atoms with Crippen LogP contribution in [0.3, 0.4) is 0 Å². The lowest BCUT2D eigenvalue weighted by atomic mass is 10.0. The lowest BCUT2D eigenvalue weighted by molar-refractivity contribution is 0.0879. The highest BCUT2D eigenvalue weighted by molar-refractivity contribution is 6.00. The molecule has 0 radical (unpaired) electrons. The van der Waals surface area contributed by atoms with Crippen molar-refractivity contribution in [1.82, 2.24) is 24.9 Å². The third kappa shape index (κ3) is 3.05. The van der Waals surface area contributed by atoms with Gasteiger partial charge in [0.15, 0.2) is 11.5 Å². The van der Waals surface area contributed by atoms with E-state index < -0.39 is 11.4 Å². The Morgan fingerprint density at radius 1 is 1.34 bits per heavy atom. The zero-order valence-electron chi connectivity index (χ0n) is 15.9. The monoisotopic (exact) mass is 398 g/mol. The van der Waals surface area contributed by atoms with Gasteiger partial charge in [-0.15, -0.1) is 0 Å². The standard InChI is InChI=1S/C19H19FN6O3/c1-19(2)10-28-18-12(7-11(20)8-21-18)14-4-6-29-26(14)15-3-5-25-16(23-15)13(9-22-25)17(27)24-19/h3,5,7-9,14H,4,6,10H2,1-2H3,(H,24,27)/t14-/m0/s1. The third-order valence-corrected chi connectivity index (χ3v) is 4.96. The molecule has 2 bridgehead atoms. The quantitative estimate of drug-likeness (QED) is 0.619. The largest absolute Gasteiger partial charge is 0.475 e. The molecule has 1 atom stereocenters. The van der Waals surface area contributed by atoms with E-state index in [2.05, 4.69) is 20.4 Å². The average Bonchev–Trinajstić information content (AvgIpc) is 3.32. The first-order valence-corrected chi connectivity index (χ1v) is 9.29. The number of carbonyl (C=O) groups is 1. The molecule has 2 aliphatic rings. The second kappa shape index (κ2) is 6.38. The first kappa shape index (κ1) is 17.8. The Morgan fingerprint density at radius 3 is 3.07 bits per heavy atom. The van der Waals surface area contributed by atoms with E-state index in [0.29, 0.717) is 41.5 Å². The highest BCUT2D eigenvalue weighted by Gasteiger charge is 2.34. The van der Waals surface area contributed by atoms with Gasteiger partial charge in [0.05, 0.1) is 30.6 Å². The highest BCUT2D eigenvalue weighted by atomic mass is 19.1. The first-order valence-electron chi connectivity index (χ1n) is 9.29. The number of nitrogens with zero attached hydrogens (tertiary/aromatic N) is 5. The molecule has 5 heterocycles. The van der Waals surface area contributed by atoms with Crippen molar-refractivity contribution in [3.05, 3.63) is 47.7 Å². The van der Waals surface area contributed by atoms with Crippen LogP contribution in [0.5, 0.6) is 5.88 Å². The van der Waals surface area contributed by atoms with Crippen molar-refractivity contribution in [3.63, 3.8) is 0 Å². The summed E-state index contributed by atoms with van der Waals surface area (Å²) in [6.07, 6.45) is 4.91. The van der Waals surface area contributed by atoms with E-state index in [1.165, 1.54) is 16.8 Å². The van der Waals surface area contributed by atoms with E-state index in [9.17, 15) is 9.18 Å². The van der Waals surface area contributed by atoms with Gasteiger partial charge in [-0.05, 0) is 19.9 Å². The van der Waals surface area contributed by atoms with Crippen molar-refractivity contribution >= 4 is 17.4 Å². The summed E-state index contributed by atoms with van der Waals surface area (Å²) >= 11 is 0.